The van der Waals surface area contributed by atoms with Crippen molar-refractivity contribution in [3.8, 4) is 11.4 Å². The van der Waals surface area contributed by atoms with E-state index in [9.17, 15) is 4.79 Å². The van der Waals surface area contributed by atoms with Crippen LogP contribution in [0.4, 0.5) is 0 Å². The highest BCUT2D eigenvalue weighted by Crippen LogP contribution is 2.17. The second kappa shape index (κ2) is 4.26. The van der Waals surface area contributed by atoms with Crippen molar-refractivity contribution >= 4 is 6.29 Å². The Morgan fingerprint density at radius 2 is 1.94 bits per heavy atom. The lowest BCUT2D eigenvalue weighted by Gasteiger charge is -1.97. The van der Waals surface area contributed by atoms with Crippen LogP contribution >= 0.6 is 0 Å². The molecule has 1 heterocycles. The summed E-state index contributed by atoms with van der Waals surface area (Å²) in [4.78, 5) is 13.7. The van der Waals surface area contributed by atoms with E-state index in [1.807, 2.05) is 31.2 Å². The van der Waals surface area contributed by atoms with Crippen LogP contribution in [0, 0.1) is 6.92 Å². The maximum Gasteiger partial charge on any atom is 0.161 e. The average Bonchev–Trinajstić information content (AvgIpc) is 2.78. The number of carbonyl (C=O) groups excluding carboxylic acids is 1. The van der Waals surface area contributed by atoms with Gasteiger partial charge in [0.05, 0.1) is 5.92 Å². The van der Waals surface area contributed by atoms with Crippen LogP contribution in [0.2, 0.25) is 0 Å². The molecule has 1 atom stereocenters. The first-order chi connectivity index (χ1) is 7.70. The minimum absolute atomic E-state index is 0.244. The first kappa shape index (κ1) is 10.5. The van der Waals surface area contributed by atoms with Crippen molar-refractivity contribution in [2.75, 3.05) is 0 Å². The van der Waals surface area contributed by atoms with Crippen LogP contribution in [-0.4, -0.2) is 21.5 Å². The van der Waals surface area contributed by atoms with Crippen molar-refractivity contribution in [1.82, 2.24) is 15.2 Å². The highest BCUT2D eigenvalue weighted by molar-refractivity contribution is 5.60. The first-order valence-electron chi connectivity index (χ1n) is 5.15. The van der Waals surface area contributed by atoms with Gasteiger partial charge in [-0.15, -0.1) is 10.2 Å². The van der Waals surface area contributed by atoms with E-state index in [0.29, 0.717) is 11.6 Å². The number of rotatable bonds is 3. The summed E-state index contributed by atoms with van der Waals surface area (Å²) in [6.45, 7) is 3.82. The zero-order valence-electron chi connectivity index (χ0n) is 9.27. The summed E-state index contributed by atoms with van der Waals surface area (Å²) in [6.07, 6.45) is 0.847. The van der Waals surface area contributed by atoms with Crippen molar-refractivity contribution < 1.29 is 4.79 Å². The summed E-state index contributed by atoms with van der Waals surface area (Å²) in [7, 11) is 0. The van der Waals surface area contributed by atoms with Crippen LogP contribution < -0.4 is 0 Å². The number of aryl methyl sites for hydroxylation is 1. The van der Waals surface area contributed by atoms with E-state index in [4.69, 9.17) is 0 Å². The Labute approximate surface area is 93.7 Å². The summed E-state index contributed by atoms with van der Waals surface area (Å²) in [5.74, 6) is 1.06. The van der Waals surface area contributed by atoms with E-state index in [0.717, 1.165) is 11.8 Å². The molecule has 4 heteroatoms. The molecule has 0 aliphatic rings. The molecule has 0 aliphatic heterocycles. The first-order valence-corrected chi connectivity index (χ1v) is 5.15. The molecule has 1 N–H and O–H groups in total. The minimum Gasteiger partial charge on any atom is -0.324 e. The van der Waals surface area contributed by atoms with Gasteiger partial charge in [0.25, 0.3) is 0 Å². The van der Waals surface area contributed by atoms with E-state index in [-0.39, 0.29) is 5.92 Å². The predicted octanol–water partition coefficient (Wildman–Crippen LogP) is 2.08. The number of aromatic nitrogens is 3. The second-order valence-electron chi connectivity index (χ2n) is 3.85. The normalized spacial score (nSPS) is 12.4. The Bertz CT molecular complexity index is 487. The van der Waals surface area contributed by atoms with E-state index in [2.05, 4.69) is 15.2 Å². The van der Waals surface area contributed by atoms with Crippen LogP contribution in [-0.2, 0) is 4.79 Å². The third-order valence-corrected chi connectivity index (χ3v) is 2.46. The molecule has 1 aromatic carbocycles. The Hall–Kier alpha value is -1.97. The van der Waals surface area contributed by atoms with Crippen molar-refractivity contribution in [3.63, 3.8) is 0 Å². The maximum absolute atomic E-state index is 10.6. The van der Waals surface area contributed by atoms with Crippen molar-refractivity contribution in [1.29, 1.82) is 0 Å². The number of aromatic amines is 1. The van der Waals surface area contributed by atoms with Gasteiger partial charge in [0.2, 0.25) is 0 Å². The predicted molar refractivity (Wildman–Crippen MR) is 61.0 cm³/mol. The molecule has 0 saturated carbocycles. The van der Waals surface area contributed by atoms with Crippen LogP contribution in [0.5, 0.6) is 0 Å². The van der Waals surface area contributed by atoms with Gasteiger partial charge < -0.3 is 9.78 Å². The van der Waals surface area contributed by atoms with Gasteiger partial charge in [0.1, 0.15) is 12.1 Å². The minimum atomic E-state index is -0.244. The van der Waals surface area contributed by atoms with Crippen LogP contribution in [0.15, 0.2) is 24.3 Å². The molecule has 2 aromatic rings. The molecular weight excluding hydrogens is 202 g/mol. The van der Waals surface area contributed by atoms with Gasteiger partial charge in [-0.05, 0) is 13.8 Å². The fourth-order valence-electron chi connectivity index (χ4n) is 1.39. The number of nitrogens with zero attached hydrogens (tertiary/aromatic N) is 2. The zero-order chi connectivity index (χ0) is 11.5. The Morgan fingerprint density at radius 1 is 1.25 bits per heavy atom. The number of hydrogen-bond acceptors (Lipinski definition) is 3. The zero-order valence-corrected chi connectivity index (χ0v) is 9.27. The fourth-order valence-corrected chi connectivity index (χ4v) is 1.39. The monoisotopic (exact) mass is 215 g/mol. The molecule has 82 valence electrons. The number of carbonyl (C=O) groups is 1. The van der Waals surface area contributed by atoms with Crippen molar-refractivity contribution in [3.05, 3.63) is 35.7 Å². The van der Waals surface area contributed by atoms with Gasteiger partial charge in [-0.2, -0.15) is 0 Å². The molecule has 1 aromatic heterocycles. The van der Waals surface area contributed by atoms with Crippen LogP contribution in [0.1, 0.15) is 24.2 Å². The van der Waals surface area contributed by atoms with Gasteiger partial charge in [-0.25, -0.2) is 0 Å². The second-order valence-corrected chi connectivity index (χ2v) is 3.85. The van der Waals surface area contributed by atoms with E-state index in [1.54, 1.807) is 6.92 Å². The standard InChI is InChI=1S/C12H13N3O/c1-8-3-5-10(6-4-8)12-13-11(14-15-12)9(2)7-16/h3-7,9H,1-2H3,(H,13,14,15). The van der Waals surface area contributed by atoms with E-state index < -0.39 is 0 Å². The quantitative estimate of drug-likeness (QED) is 0.797. The number of benzene rings is 1. The molecule has 0 saturated heterocycles. The molecule has 2 rings (SSSR count). The van der Waals surface area contributed by atoms with Crippen molar-refractivity contribution in [2.45, 2.75) is 19.8 Å². The lowest BCUT2D eigenvalue weighted by molar-refractivity contribution is -0.108. The molecule has 0 spiro atoms. The highest BCUT2D eigenvalue weighted by Gasteiger charge is 2.10. The fraction of sp³-hybridized carbons (Fsp3) is 0.250. The third kappa shape index (κ3) is 2.00. The molecule has 0 fully saturated rings. The number of nitrogens with one attached hydrogen (secondary N) is 1. The van der Waals surface area contributed by atoms with Gasteiger partial charge in [0.15, 0.2) is 5.82 Å². The van der Waals surface area contributed by atoms with Crippen LogP contribution in [0.25, 0.3) is 11.4 Å². The van der Waals surface area contributed by atoms with Gasteiger partial charge in [-0.3, -0.25) is 0 Å². The summed E-state index contributed by atoms with van der Waals surface area (Å²) in [6, 6.07) is 7.98. The SMILES string of the molecule is Cc1ccc(-c2nnc(C(C)C=O)[nH]2)cc1. The Morgan fingerprint density at radius 3 is 2.56 bits per heavy atom. The third-order valence-electron chi connectivity index (χ3n) is 2.46. The van der Waals surface area contributed by atoms with Crippen LogP contribution in [0.3, 0.4) is 0 Å². The summed E-state index contributed by atoms with van der Waals surface area (Å²) < 4.78 is 0. The molecule has 0 radical (unpaired) electrons. The number of aldehydes is 1. The smallest absolute Gasteiger partial charge is 0.161 e. The van der Waals surface area contributed by atoms with Gasteiger partial charge in [0, 0.05) is 5.56 Å². The van der Waals surface area contributed by atoms with Gasteiger partial charge >= 0.3 is 0 Å². The molecular formula is C12H13N3O. The number of H-pyrrole nitrogens is 1. The Balaban J connectivity index is 2.31. The van der Waals surface area contributed by atoms with Crippen molar-refractivity contribution in [2.24, 2.45) is 0 Å². The largest absolute Gasteiger partial charge is 0.324 e. The number of hydrogen-bond donors (Lipinski definition) is 1. The lowest BCUT2D eigenvalue weighted by Crippen LogP contribution is -1.96. The topological polar surface area (TPSA) is 58.6 Å². The summed E-state index contributed by atoms with van der Waals surface area (Å²) in [5.41, 5.74) is 2.17. The molecule has 0 amide bonds. The molecule has 16 heavy (non-hydrogen) atoms. The average molecular weight is 215 g/mol. The van der Waals surface area contributed by atoms with Gasteiger partial charge in [-0.1, -0.05) is 29.8 Å². The molecule has 1 unspecified atom stereocenters. The summed E-state index contributed by atoms with van der Waals surface area (Å²) >= 11 is 0. The maximum atomic E-state index is 10.6. The molecule has 0 aliphatic carbocycles. The van der Waals surface area contributed by atoms with E-state index in [1.165, 1.54) is 5.56 Å². The molecule has 4 nitrogen and oxygen atoms in total. The molecule has 0 bridgehead atoms. The summed E-state index contributed by atoms with van der Waals surface area (Å²) in [5, 5.41) is 7.97. The highest BCUT2D eigenvalue weighted by atomic mass is 16.1. The Kier molecular flexibility index (Phi) is 2.81. The van der Waals surface area contributed by atoms with E-state index >= 15 is 0 Å². The lowest BCUT2D eigenvalue weighted by atomic mass is 10.1.